The number of β-lactam (4-membered cyclic amide) rings is 1. The molecule has 3 saturated heterocycles. The van der Waals surface area contributed by atoms with Gasteiger partial charge in [0.1, 0.15) is 27.9 Å². The van der Waals surface area contributed by atoms with Crippen molar-refractivity contribution in [3.63, 3.8) is 0 Å². The minimum absolute atomic E-state index is 0.000787. The Balaban J connectivity index is 0.000000367. The van der Waals surface area contributed by atoms with E-state index in [0.29, 0.717) is 47.9 Å². The van der Waals surface area contributed by atoms with Crippen molar-refractivity contribution in [2.45, 2.75) is 41.9 Å². The van der Waals surface area contributed by atoms with Crippen molar-refractivity contribution in [2.75, 3.05) is 34.4 Å². The number of amides is 2. The monoisotopic (exact) mass is 606 g/mol. The van der Waals surface area contributed by atoms with Gasteiger partial charge in [0.05, 0.1) is 27.8 Å². The summed E-state index contributed by atoms with van der Waals surface area (Å²) in [4.78, 5) is 46.2. The van der Waals surface area contributed by atoms with E-state index in [-0.39, 0.29) is 41.2 Å². The molecule has 5 rings (SSSR count). The van der Waals surface area contributed by atoms with Crippen LogP contribution in [0.25, 0.3) is 0 Å². The van der Waals surface area contributed by atoms with Crippen LogP contribution in [0.1, 0.15) is 31.2 Å². The number of methoxy groups -OCH3 is 3. The van der Waals surface area contributed by atoms with E-state index >= 15 is 0 Å². The molecular formula is C28H31ClN2O9S. The predicted molar refractivity (Wildman–Crippen MR) is 148 cm³/mol. The summed E-state index contributed by atoms with van der Waals surface area (Å²) in [6, 6.07) is 9.36. The minimum Gasteiger partial charge on any atom is -0.497 e. The standard InChI is InChI=1S/C22H22ClNO7S.C6H9NO2/c1-29-16-5-7-18(31-3)19(10-16)32(27,28)22-11-20(25)24(22)12-14(21(22)26)8-13-9-15(23)4-6-17(13)30-2;8-5-1-2-6(9)7-4-3-5/h4-7,9-10,14H,8,11-12H2,1-3H3;1-4H2,(H,7,9). The molecule has 2 aromatic carbocycles. The number of sulfone groups is 1. The summed E-state index contributed by atoms with van der Waals surface area (Å²) in [7, 11) is -0.0652. The average Bonchev–Trinajstić information content (AvgIpc) is 3.04. The highest BCUT2D eigenvalue weighted by Crippen LogP contribution is 2.50. The molecule has 3 aliphatic heterocycles. The number of ketones is 2. The molecule has 2 unspecified atom stereocenters. The first-order valence-corrected chi connectivity index (χ1v) is 14.8. The van der Waals surface area contributed by atoms with Crippen LogP contribution in [0.3, 0.4) is 0 Å². The second-order valence-electron chi connectivity index (χ2n) is 9.85. The van der Waals surface area contributed by atoms with Crippen molar-refractivity contribution < 1.29 is 41.8 Å². The Hall–Kier alpha value is -3.64. The van der Waals surface area contributed by atoms with E-state index in [9.17, 15) is 27.6 Å². The third kappa shape index (κ3) is 5.62. The molecule has 0 saturated carbocycles. The highest BCUT2D eigenvalue weighted by molar-refractivity contribution is 7.94. The Bertz CT molecular complexity index is 1480. The third-order valence-electron chi connectivity index (χ3n) is 7.46. The Morgan fingerprint density at radius 1 is 0.951 bits per heavy atom. The maximum absolute atomic E-state index is 13.8. The maximum Gasteiger partial charge on any atom is 0.228 e. The molecule has 2 amide bonds. The van der Waals surface area contributed by atoms with Crippen LogP contribution < -0.4 is 19.5 Å². The van der Waals surface area contributed by atoms with Crippen LogP contribution in [0.15, 0.2) is 41.3 Å². The van der Waals surface area contributed by atoms with Crippen molar-refractivity contribution in [1.29, 1.82) is 0 Å². The number of carbonyl (C=O) groups excluding carboxylic acids is 4. The molecular weight excluding hydrogens is 576 g/mol. The number of carbonyl (C=O) groups is 4. The largest absolute Gasteiger partial charge is 0.497 e. The van der Waals surface area contributed by atoms with Crippen LogP contribution in [0.4, 0.5) is 0 Å². The van der Waals surface area contributed by atoms with Crippen molar-refractivity contribution >= 4 is 44.8 Å². The summed E-state index contributed by atoms with van der Waals surface area (Å²) in [5, 5.41) is 3.08. The van der Waals surface area contributed by atoms with Gasteiger partial charge in [0.15, 0.2) is 5.78 Å². The summed E-state index contributed by atoms with van der Waals surface area (Å²) in [6.07, 6.45) is 1.09. The molecule has 3 fully saturated rings. The van der Waals surface area contributed by atoms with E-state index in [0.717, 1.165) is 4.90 Å². The fraction of sp³-hybridized carbons (Fsp3) is 0.429. The first kappa shape index (κ1) is 30.3. The van der Waals surface area contributed by atoms with Crippen LogP contribution in [-0.2, 0) is 35.4 Å². The summed E-state index contributed by atoms with van der Waals surface area (Å²) >= 11 is 6.10. The van der Waals surface area contributed by atoms with Crippen molar-refractivity contribution in [2.24, 2.45) is 5.92 Å². The second kappa shape index (κ2) is 12.1. The molecule has 0 spiro atoms. The van der Waals surface area contributed by atoms with E-state index in [4.69, 9.17) is 25.8 Å². The summed E-state index contributed by atoms with van der Waals surface area (Å²) < 4.78 is 43.4. The zero-order chi connectivity index (χ0) is 29.9. The van der Waals surface area contributed by atoms with Crippen LogP contribution in [0, 0.1) is 5.92 Å². The normalized spacial score (nSPS) is 22.0. The highest BCUT2D eigenvalue weighted by atomic mass is 35.5. The first-order valence-electron chi connectivity index (χ1n) is 12.9. The number of fused-ring (bicyclic) bond motifs is 1. The zero-order valence-electron chi connectivity index (χ0n) is 22.9. The van der Waals surface area contributed by atoms with Gasteiger partial charge < -0.3 is 24.4 Å². The van der Waals surface area contributed by atoms with Gasteiger partial charge in [-0.1, -0.05) is 11.6 Å². The molecule has 0 radical (unpaired) electrons. The molecule has 3 aliphatic rings. The smallest absolute Gasteiger partial charge is 0.228 e. The van der Waals surface area contributed by atoms with Gasteiger partial charge in [0, 0.05) is 49.4 Å². The number of rotatable bonds is 7. The number of benzene rings is 2. The molecule has 41 heavy (non-hydrogen) atoms. The lowest BCUT2D eigenvalue weighted by atomic mass is 9.92. The fourth-order valence-corrected chi connectivity index (χ4v) is 7.74. The molecule has 0 bridgehead atoms. The van der Waals surface area contributed by atoms with Gasteiger partial charge in [-0.25, -0.2) is 8.42 Å². The molecule has 2 atom stereocenters. The Labute approximate surface area is 243 Å². The summed E-state index contributed by atoms with van der Waals surface area (Å²) in [5.74, 6) is -0.534. The molecule has 1 N–H and O–H groups in total. The molecule has 0 aromatic heterocycles. The SMILES string of the molecule is COc1ccc(OC)c(S(=O)(=O)C23CC(=O)N2CC(Cc2cc(Cl)ccc2OC)C3=O)c1.O=C1CCNC(=O)CC1. The van der Waals surface area contributed by atoms with Crippen LogP contribution in [0.2, 0.25) is 5.02 Å². The van der Waals surface area contributed by atoms with Crippen molar-refractivity contribution in [3.05, 3.63) is 47.0 Å². The van der Waals surface area contributed by atoms with Crippen LogP contribution >= 0.6 is 11.6 Å². The Kier molecular flexibility index (Phi) is 8.93. The van der Waals surface area contributed by atoms with E-state index < -0.39 is 32.8 Å². The van der Waals surface area contributed by atoms with Gasteiger partial charge in [-0.3, -0.25) is 19.2 Å². The fourth-order valence-electron chi connectivity index (χ4n) is 5.28. The number of hydrogen-bond acceptors (Lipinski definition) is 9. The molecule has 2 aromatic rings. The molecule has 0 aliphatic carbocycles. The molecule has 220 valence electrons. The maximum atomic E-state index is 13.8. The molecule has 3 heterocycles. The number of halogens is 1. The van der Waals surface area contributed by atoms with E-state index in [1.807, 2.05) is 0 Å². The topological polar surface area (TPSA) is 145 Å². The number of ether oxygens (including phenoxy) is 3. The molecule has 13 heteroatoms. The Morgan fingerprint density at radius 3 is 2.32 bits per heavy atom. The van der Waals surface area contributed by atoms with Crippen LogP contribution in [-0.4, -0.2) is 76.0 Å². The van der Waals surface area contributed by atoms with Crippen molar-refractivity contribution in [3.8, 4) is 17.2 Å². The van der Waals surface area contributed by atoms with E-state index in [2.05, 4.69) is 5.32 Å². The number of nitrogens with zero attached hydrogens (tertiary/aromatic N) is 1. The van der Waals surface area contributed by atoms with Gasteiger partial charge in [0.25, 0.3) is 0 Å². The average molecular weight is 607 g/mol. The number of hydrogen-bond donors (Lipinski definition) is 1. The van der Waals surface area contributed by atoms with E-state index in [1.165, 1.54) is 33.5 Å². The number of nitrogens with one attached hydrogen (secondary N) is 1. The van der Waals surface area contributed by atoms with Crippen molar-refractivity contribution in [1.82, 2.24) is 10.2 Å². The predicted octanol–water partition coefficient (Wildman–Crippen LogP) is 2.37. The number of Topliss-reactive ketones (excluding diaryl/α,β-unsaturated/α-hetero) is 2. The lowest BCUT2D eigenvalue weighted by Gasteiger charge is -2.44. The quantitative estimate of drug-likeness (QED) is 0.469. The second-order valence-corrected chi connectivity index (χ2v) is 12.4. The van der Waals surface area contributed by atoms with E-state index in [1.54, 1.807) is 24.3 Å². The van der Waals surface area contributed by atoms with Gasteiger partial charge in [-0.15, -0.1) is 0 Å². The van der Waals surface area contributed by atoms with Crippen LogP contribution in [0.5, 0.6) is 17.2 Å². The summed E-state index contributed by atoms with van der Waals surface area (Å²) in [6.45, 7) is 0.524. The lowest BCUT2D eigenvalue weighted by molar-refractivity contribution is -0.150. The third-order valence-corrected chi connectivity index (χ3v) is 10.0. The van der Waals surface area contributed by atoms with Gasteiger partial charge in [0.2, 0.25) is 26.5 Å². The zero-order valence-corrected chi connectivity index (χ0v) is 24.5. The molecule has 11 nitrogen and oxygen atoms in total. The highest BCUT2D eigenvalue weighted by Gasteiger charge is 2.71. The van der Waals surface area contributed by atoms with Gasteiger partial charge in [-0.2, -0.15) is 0 Å². The first-order chi connectivity index (χ1) is 19.5. The lowest BCUT2D eigenvalue weighted by Crippen LogP contribution is -2.67. The Morgan fingerprint density at radius 2 is 1.66 bits per heavy atom. The van der Waals surface area contributed by atoms with Gasteiger partial charge >= 0.3 is 0 Å². The van der Waals surface area contributed by atoms with Gasteiger partial charge in [-0.05, 0) is 42.3 Å². The minimum atomic E-state index is -4.31. The summed E-state index contributed by atoms with van der Waals surface area (Å²) in [5.41, 5.74) is 0.666.